The number of nitrogens with zero attached hydrogens (tertiary/aromatic N) is 3. The molecule has 0 unspecified atom stereocenters. The number of benzene rings is 2. The molecule has 6 nitrogen and oxygen atoms in total. The summed E-state index contributed by atoms with van der Waals surface area (Å²) in [5, 5.41) is 16.7. The standard InChI is InChI=1S/C17H16N4O2S/c22-15(23)11-21(14-9-5-2-6-10-14)16-18-17(20-19-16)24-12-13-7-3-1-4-8-13/h1-10H,11-12H2,(H,22,23)(H,18,19,20). The monoisotopic (exact) mass is 340 g/mol. The number of hydrogen-bond donors (Lipinski definition) is 2. The normalized spacial score (nSPS) is 10.5. The lowest BCUT2D eigenvalue weighted by molar-refractivity contribution is -0.135. The fourth-order valence-electron chi connectivity index (χ4n) is 2.18. The van der Waals surface area contributed by atoms with E-state index in [0.717, 1.165) is 11.4 Å². The van der Waals surface area contributed by atoms with Crippen LogP contribution in [0.25, 0.3) is 0 Å². The van der Waals surface area contributed by atoms with Crippen LogP contribution in [0.5, 0.6) is 0 Å². The Bertz CT molecular complexity index is 793. The zero-order chi connectivity index (χ0) is 16.8. The summed E-state index contributed by atoms with van der Waals surface area (Å²) in [7, 11) is 0. The number of rotatable bonds is 7. The number of anilines is 2. The average molecular weight is 340 g/mol. The predicted molar refractivity (Wildman–Crippen MR) is 93.5 cm³/mol. The van der Waals surface area contributed by atoms with Crippen LogP contribution < -0.4 is 4.90 Å². The van der Waals surface area contributed by atoms with Gasteiger partial charge in [0, 0.05) is 11.4 Å². The van der Waals surface area contributed by atoms with Crippen LogP contribution in [0.3, 0.4) is 0 Å². The molecule has 3 aromatic rings. The summed E-state index contributed by atoms with van der Waals surface area (Å²) in [4.78, 5) is 17.2. The average Bonchev–Trinajstić information content (AvgIpc) is 3.08. The summed E-state index contributed by atoms with van der Waals surface area (Å²) < 4.78 is 0. The molecule has 0 saturated carbocycles. The van der Waals surface area contributed by atoms with E-state index in [9.17, 15) is 4.79 Å². The van der Waals surface area contributed by atoms with Crippen LogP contribution in [-0.4, -0.2) is 32.8 Å². The van der Waals surface area contributed by atoms with E-state index in [2.05, 4.69) is 15.2 Å². The van der Waals surface area contributed by atoms with Gasteiger partial charge >= 0.3 is 5.97 Å². The van der Waals surface area contributed by atoms with Crippen LogP contribution in [0.15, 0.2) is 65.8 Å². The summed E-state index contributed by atoms with van der Waals surface area (Å²) in [5.41, 5.74) is 1.93. The summed E-state index contributed by atoms with van der Waals surface area (Å²) in [6.45, 7) is -0.192. The van der Waals surface area contributed by atoms with Crippen molar-refractivity contribution in [1.29, 1.82) is 0 Å². The van der Waals surface area contributed by atoms with Crippen LogP contribution in [0, 0.1) is 0 Å². The van der Waals surface area contributed by atoms with Gasteiger partial charge in [0.2, 0.25) is 11.1 Å². The molecule has 0 aliphatic heterocycles. The number of nitrogens with one attached hydrogen (secondary N) is 1. The Kier molecular flexibility index (Phi) is 5.12. The molecular formula is C17H16N4O2S. The Morgan fingerprint density at radius 2 is 1.75 bits per heavy atom. The van der Waals surface area contributed by atoms with Gasteiger partial charge in [0.15, 0.2) is 0 Å². The van der Waals surface area contributed by atoms with Gasteiger partial charge in [-0.05, 0) is 17.7 Å². The van der Waals surface area contributed by atoms with Crippen LogP contribution in [-0.2, 0) is 10.5 Å². The molecule has 0 amide bonds. The van der Waals surface area contributed by atoms with Gasteiger partial charge in [-0.15, -0.1) is 5.10 Å². The van der Waals surface area contributed by atoms with Crippen molar-refractivity contribution < 1.29 is 9.90 Å². The third-order valence-corrected chi connectivity index (χ3v) is 4.20. The number of carboxylic acid groups (broad SMARTS) is 1. The topological polar surface area (TPSA) is 82.1 Å². The van der Waals surface area contributed by atoms with Crippen LogP contribution in [0.4, 0.5) is 11.6 Å². The van der Waals surface area contributed by atoms with Gasteiger partial charge in [-0.2, -0.15) is 4.98 Å². The van der Waals surface area contributed by atoms with Crippen molar-refractivity contribution in [3.8, 4) is 0 Å². The maximum Gasteiger partial charge on any atom is 0.323 e. The molecule has 0 spiro atoms. The third-order valence-electron chi connectivity index (χ3n) is 3.28. The highest BCUT2D eigenvalue weighted by Gasteiger charge is 2.17. The minimum absolute atomic E-state index is 0.192. The number of thioether (sulfide) groups is 1. The van der Waals surface area contributed by atoms with E-state index in [0.29, 0.717) is 11.1 Å². The van der Waals surface area contributed by atoms with Crippen molar-refractivity contribution in [3.63, 3.8) is 0 Å². The number of para-hydroxylation sites is 1. The molecule has 0 radical (unpaired) electrons. The Hall–Kier alpha value is -2.80. The minimum atomic E-state index is -0.936. The molecule has 3 rings (SSSR count). The highest BCUT2D eigenvalue weighted by Crippen LogP contribution is 2.25. The van der Waals surface area contributed by atoms with Crippen molar-refractivity contribution in [2.24, 2.45) is 0 Å². The van der Waals surface area contributed by atoms with E-state index in [-0.39, 0.29) is 6.54 Å². The van der Waals surface area contributed by atoms with Crippen molar-refractivity contribution >= 4 is 29.4 Å². The Balaban J connectivity index is 1.75. The van der Waals surface area contributed by atoms with E-state index in [1.807, 2.05) is 60.7 Å². The van der Waals surface area contributed by atoms with Gasteiger partial charge in [0.1, 0.15) is 6.54 Å². The zero-order valence-corrected chi connectivity index (χ0v) is 13.6. The largest absolute Gasteiger partial charge is 0.480 e. The molecule has 0 saturated heterocycles. The van der Waals surface area contributed by atoms with Gasteiger partial charge in [0.05, 0.1) is 0 Å². The zero-order valence-electron chi connectivity index (χ0n) is 12.8. The second kappa shape index (κ2) is 7.65. The minimum Gasteiger partial charge on any atom is -0.480 e. The summed E-state index contributed by atoms with van der Waals surface area (Å²) >= 11 is 1.50. The second-order valence-electron chi connectivity index (χ2n) is 5.03. The van der Waals surface area contributed by atoms with Crippen molar-refractivity contribution in [2.45, 2.75) is 10.9 Å². The number of aliphatic carboxylic acids is 1. The van der Waals surface area contributed by atoms with E-state index in [1.165, 1.54) is 17.3 Å². The van der Waals surface area contributed by atoms with Gasteiger partial charge in [-0.3, -0.25) is 9.69 Å². The molecular weight excluding hydrogens is 324 g/mol. The smallest absolute Gasteiger partial charge is 0.323 e. The Morgan fingerprint density at radius 1 is 1.08 bits per heavy atom. The van der Waals surface area contributed by atoms with Crippen LogP contribution in [0.1, 0.15) is 5.56 Å². The molecule has 24 heavy (non-hydrogen) atoms. The number of aromatic nitrogens is 3. The first kappa shape index (κ1) is 16.1. The molecule has 1 aromatic heterocycles. The predicted octanol–water partition coefficient (Wildman–Crippen LogP) is 3.32. The number of hydrogen-bond acceptors (Lipinski definition) is 5. The van der Waals surface area contributed by atoms with Gasteiger partial charge in [-0.1, -0.05) is 60.3 Å². The third kappa shape index (κ3) is 4.14. The van der Waals surface area contributed by atoms with Gasteiger partial charge in [-0.25, -0.2) is 5.10 Å². The molecule has 0 atom stereocenters. The summed E-state index contributed by atoms with van der Waals surface area (Å²) in [6, 6.07) is 19.3. The number of carboxylic acids is 1. The first-order valence-corrected chi connectivity index (χ1v) is 8.34. The summed E-state index contributed by atoms with van der Waals surface area (Å²) in [5.74, 6) is 0.232. The first-order chi connectivity index (χ1) is 11.7. The number of carbonyl (C=O) groups is 1. The number of aromatic amines is 1. The number of H-pyrrole nitrogens is 1. The highest BCUT2D eigenvalue weighted by atomic mass is 32.2. The molecule has 2 N–H and O–H groups in total. The van der Waals surface area contributed by atoms with Crippen LogP contribution in [0.2, 0.25) is 0 Å². The van der Waals surface area contributed by atoms with Crippen molar-refractivity contribution in [3.05, 3.63) is 66.2 Å². The van der Waals surface area contributed by atoms with E-state index >= 15 is 0 Å². The second-order valence-corrected chi connectivity index (χ2v) is 5.97. The fraction of sp³-hybridized carbons (Fsp3) is 0.118. The van der Waals surface area contributed by atoms with Crippen LogP contribution >= 0.6 is 11.8 Å². The lowest BCUT2D eigenvalue weighted by Crippen LogP contribution is -2.25. The van der Waals surface area contributed by atoms with Gasteiger partial charge < -0.3 is 5.11 Å². The molecule has 1 heterocycles. The van der Waals surface area contributed by atoms with E-state index in [4.69, 9.17) is 5.11 Å². The molecule has 7 heteroatoms. The Morgan fingerprint density at radius 3 is 2.42 bits per heavy atom. The van der Waals surface area contributed by atoms with E-state index < -0.39 is 5.97 Å². The lowest BCUT2D eigenvalue weighted by Gasteiger charge is -2.18. The maximum atomic E-state index is 11.2. The van der Waals surface area contributed by atoms with Crippen molar-refractivity contribution in [2.75, 3.05) is 11.4 Å². The van der Waals surface area contributed by atoms with E-state index in [1.54, 1.807) is 4.90 Å². The maximum absolute atomic E-state index is 11.2. The SMILES string of the molecule is O=C(O)CN(c1ccccc1)c1nc(SCc2ccccc2)n[nH]1. The fourth-order valence-corrected chi connectivity index (χ4v) is 2.93. The molecule has 0 fully saturated rings. The quantitative estimate of drug-likeness (QED) is 0.642. The first-order valence-electron chi connectivity index (χ1n) is 7.36. The lowest BCUT2D eigenvalue weighted by atomic mass is 10.2. The molecule has 0 aliphatic rings. The van der Waals surface area contributed by atoms with Gasteiger partial charge in [0.25, 0.3) is 0 Å². The highest BCUT2D eigenvalue weighted by molar-refractivity contribution is 7.98. The Labute approximate surface area is 143 Å². The molecule has 0 bridgehead atoms. The molecule has 0 aliphatic carbocycles. The molecule has 2 aromatic carbocycles. The molecule has 122 valence electrons. The summed E-state index contributed by atoms with van der Waals surface area (Å²) in [6.07, 6.45) is 0. The van der Waals surface area contributed by atoms with Crippen molar-refractivity contribution in [1.82, 2.24) is 15.2 Å².